The number of hydrogen-bond acceptors (Lipinski definition) is 8. The number of anilines is 1. The molecule has 0 unspecified atom stereocenters. The van der Waals surface area contributed by atoms with E-state index in [9.17, 15) is 14.4 Å². The molecule has 1 aliphatic rings. The molecule has 3 aromatic carbocycles. The number of nitrogens with one attached hydrogen (secondary N) is 3. The molecule has 10 nitrogen and oxygen atoms in total. The third-order valence-electron chi connectivity index (χ3n) is 7.71. The Bertz CT molecular complexity index is 1550. The van der Waals surface area contributed by atoms with Crippen LogP contribution in [0.15, 0.2) is 102 Å². The first-order valence-corrected chi connectivity index (χ1v) is 15.8. The van der Waals surface area contributed by atoms with Crippen molar-refractivity contribution in [3.63, 3.8) is 0 Å². The summed E-state index contributed by atoms with van der Waals surface area (Å²) in [5.74, 6) is 0.419. The van der Waals surface area contributed by atoms with Gasteiger partial charge in [0, 0.05) is 49.4 Å². The maximum Gasteiger partial charge on any atom is 0.429 e. The fourth-order valence-corrected chi connectivity index (χ4v) is 5.36. The monoisotopic (exact) mass is 623 g/mol. The van der Waals surface area contributed by atoms with Crippen LogP contribution in [-0.2, 0) is 11.3 Å². The van der Waals surface area contributed by atoms with Gasteiger partial charge >= 0.3 is 6.09 Å². The Morgan fingerprint density at radius 2 is 1.57 bits per heavy atom. The molecule has 5 rings (SSSR count). The van der Waals surface area contributed by atoms with E-state index in [0.29, 0.717) is 37.3 Å². The van der Waals surface area contributed by atoms with Crippen LogP contribution < -0.4 is 21.0 Å². The van der Waals surface area contributed by atoms with Crippen molar-refractivity contribution in [2.24, 2.45) is 0 Å². The maximum absolute atomic E-state index is 13.5. The lowest BCUT2D eigenvalue weighted by atomic mass is 10.0. The highest BCUT2D eigenvalue weighted by molar-refractivity contribution is 6.01. The summed E-state index contributed by atoms with van der Waals surface area (Å²) in [5.41, 5.74) is 3.60. The number of carbonyl (C=O) groups excluding carboxylic acids is 3. The lowest BCUT2D eigenvalue weighted by Crippen LogP contribution is -2.50. The Labute approximate surface area is 269 Å². The zero-order chi connectivity index (χ0) is 32.0. The summed E-state index contributed by atoms with van der Waals surface area (Å²) >= 11 is 0. The molecule has 2 heterocycles. The van der Waals surface area contributed by atoms with Crippen molar-refractivity contribution in [3.05, 3.63) is 114 Å². The van der Waals surface area contributed by atoms with Gasteiger partial charge in [0.1, 0.15) is 12.4 Å². The van der Waals surface area contributed by atoms with Gasteiger partial charge in [0.05, 0.1) is 25.0 Å². The summed E-state index contributed by atoms with van der Waals surface area (Å²) in [6.07, 6.45) is 4.32. The number of nitrogens with zero attached hydrogens (tertiary/aromatic N) is 2. The molecule has 0 saturated carbocycles. The Hall–Kier alpha value is -4.77. The molecule has 0 spiro atoms. The number of benzene rings is 3. The van der Waals surface area contributed by atoms with Crippen LogP contribution in [0.2, 0.25) is 0 Å². The number of Topliss-reactive ketones (excluding diaryl/α,β-unsaturated/α-hetero) is 1. The predicted molar refractivity (Wildman–Crippen MR) is 178 cm³/mol. The summed E-state index contributed by atoms with van der Waals surface area (Å²) in [4.78, 5) is 39.0. The standard InChI is InChI=1S/C36H41N5O5/c42-34(29-13-9-14-30(25-29)35(43)39-19-18-37-26-31-15-10-23-45-31)27-38-20-24-46-36(44)41(40-21-7-2-8-22-40)33-17-6-5-16-32(33)28-11-3-1-4-12-28/h1,3-6,9-17,23,25,37-38H,2,7-8,18-22,24,26-27H2,(H,39,43). The van der Waals surface area contributed by atoms with E-state index in [2.05, 4.69) is 21.0 Å². The Kier molecular flexibility index (Phi) is 12.1. The van der Waals surface area contributed by atoms with E-state index >= 15 is 0 Å². The van der Waals surface area contributed by atoms with Crippen LogP contribution in [0.4, 0.5) is 10.5 Å². The number of hydrogen-bond donors (Lipinski definition) is 3. The molecule has 0 atom stereocenters. The second-order valence-corrected chi connectivity index (χ2v) is 11.0. The maximum atomic E-state index is 13.5. The van der Waals surface area contributed by atoms with E-state index in [-0.39, 0.29) is 24.8 Å². The largest absolute Gasteiger partial charge is 0.468 e. The molecule has 46 heavy (non-hydrogen) atoms. The van der Waals surface area contributed by atoms with Crippen molar-refractivity contribution in [2.45, 2.75) is 25.8 Å². The average molecular weight is 624 g/mol. The third kappa shape index (κ3) is 9.13. The van der Waals surface area contributed by atoms with Gasteiger partial charge in [-0.15, -0.1) is 0 Å². The van der Waals surface area contributed by atoms with Crippen LogP contribution in [0.3, 0.4) is 0 Å². The van der Waals surface area contributed by atoms with Crippen LogP contribution in [0, 0.1) is 0 Å². The first-order chi connectivity index (χ1) is 22.6. The zero-order valence-electron chi connectivity index (χ0n) is 26.0. The molecule has 4 aromatic rings. The number of ketones is 1. The first kappa shape index (κ1) is 32.6. The third-order valence-corrected chi connectivity index (χ3v) is 7.71. The molecule has 0 radical (unpaired) electrons. The molecule has 10 heteroatoms. The summed E-state index contributed by atoms with van der Waals surface area (Å²) in [6.45, 7) is 3.58. The second kappa shape index (κ2) is 17.1. The molecule has 1 aliphatic heterocycles. The van der Waals surface area contributed by atoms with Crippen LogP contribution in [0.1, 0.15) is 45.7 Å². The van der Waals surface area contributed by atoms with Gasteiger partial charge in [-0.25, -0.2) is 14.8 Å². The zero-order valence-corrected chi connectivity index (χ0v) is 26.0. The number of hydrazine groups is 1. The van der Waals surface area contributed by atoms with E-state index in [1.165, 1.54) is 0 Å². The number of rotatable bonds is 15. The van der Waals surface area contributed by atoms with Gasteiger partial charge in [0.15, 0.2) is 5.78 Å². The molecule has 3 N–H and O–H groups in total. The molecule has 2 amide bonds. The van der Waals surface area contributed by atoms with Gasteiger partial charge in [-0.05, 0) is 48.7 Å². The SMILES string of the molecule is O=C(CNCCOC(=O)N(c1ccccc1-c1ccccc1)N1CCCCC1)c1cccc(C(=O)NCCNCc2ccco2)c1. The Morgan fingerprint density at radius 1 is 0.783 bits per heavy atom. The summed E-state index contributed by atoms with van der Waals surface area (Å²) in [7, 11) is 0. The lowest BCUT2D eigenvalue weighted by molar-refractivity contribution is 0.0953. The lowest BCUT2D eigenvalue weighted by Gasteiger charge is -2.37. The molecule has 1 aromatic heterocycles. The Morgan fingerprint density at radius 3 is 2.37 bits per heavy atom. The quantitative estimate of drug-likeness (QED) is 0.121. The van der Waals surface area contributed by atoms with Gasteiger partial charge in [-0.2, -0.15) is 0 Å². The van der Waals surface area contributed by atoms with Crippen molar-refractivity contribution in [1.29, 1.82) is 0 Å². The fourth-order valence-electron chi connectivity index (χ4n) is 5.36. The number of ether oxygens (including phenoxy) is 1. The average Bonchev–Trinajstić information content (AvgIpc) is 3.63. The molecule has 240 valence electrons. The molecule has 1 saturated heterocycles. The van der Waals surface area contributed by atoms with Crippen LogP contribution in [-0.4, -0.2) is 68.7 Å². The molecule has 1 fully saturated rings. The summed E-state index contributed by atoms with van der Waals surface area (Å²) < 4.78 is 11.0. The fraction of sp³-hybridized carbons (Fsp3) is 0.306. The van der Waals surface area contributed by atoms with Crippen LogP contribution in [0.5, 0.6) is 0 Å². The highest BCUT2D eigenvalue weighted by Crippen LogP contribution is 2.33. The van der Waals surface area contributed by atoms with E-state index in [4.69, 9.17) is 9.15 Å². The van der Waals surface area contributed by atoms with Gasteiger partial charge < -0.3 is 25.1 Å². The number of amides is 2. The summed E-state index contributed by atoms with van der Waals surface area (Å²) in [5, 5.41) is 12.8. The minimum absolute atomic E-state index is 0.0476. The molecular weight excluding hydrogens is 582 g/mol. The van der Waals surface area contributed by atoms with Crippen molar-refractivity contribution < 1.29 is 23.5 Å². The minimum atomic E-state index is -0.451. The normalized spacial score (nSPS) is 13.2. The second-order valence-electron chi connectivity index (χ2n) is 11.0. The molecular formula is C36H41N5O5. The number of carbonyl (C=O) groups is 3. The number of furan rings is 1. The molecule has 0 aliphatic carbocycles. The highest BCUT2D eigenvalue weighted by Gasteiger charge is 2.28. The predicted octanol–water partition coefficient (Wildman–Crippen LogP) is 5.28. The van der Waals surface area contributed by atoms with E-state index < -0.39 is 6.09 Å². The minimum Gasteiger partial charge on any atom is -0.468 e. The van der Waals surface area contributed by atoms with Gasteiger partial charge in [0.2, 0.25) is 0 Å². The first-order valence-electron chi connectivity index (χ1n) is 15.8. The topological polar surface area (TPSA) is 116 Å². The van der Waals surface area contributed by atoms with E-state index in [1.54, 1.807) is 35.5 Å². The van der Waals surface area contributed by atoms with Crippen LogP contribution >= 0.6 is 0 Å². The van der Waals surface area contributed by atoms with Crippen molar-refractivity contribution >= 4 is 23.5 Å². The van der Waals surface area contributed by atoms with E-state index in [1.807, 2.05) is 66.7 Å². The van der Waals surface area contributed by atoms with Crippen molar-refractivity contribution in [3.8, 4) is 11.1 Å². The van der Waals surface area contributed by atoms with Gasteiger partial charge in [-0.1, -0.05) is 67.1 Å². The smallest absolute Gasteiger partial charge is 0.429 e. The van der Waals surface area contributed by atoms with E-state index in [0.717, 1.165) is 54.9 Å². The van der Waals surface area contributed by atoms with Crippen molar-refractivity contribution in [1.82, 2.24) is 21.0 Å². The number of piperidine rings is 1. The highest BCUT2D eigenvalue weighted by atomic mass is 16.6. The number of para-hydroxylation sites is 1. The van der Waals surface area contributed by atoms with Gasteiger partial charge in [-0.3, -0.25) is 9.59 Å². The Balaban J connectivity index is 1.09. The molecule has 0 bridgehead atoms. The summed E-state index contributed by atoms with van der Waals surface area (Å²) in [6, 6.07) is 28.2. The van der Waals surface area contributed by atoms with Crippen LogP contribution in [0.25, 0.3) is 11.1 Å². The van der Waals surface area contributed by atoms with Crippen molar-refractivity contribution in [2.75, 3.05) is 50.9 Å². The van der Waals surface area contributed by atoms with Gasteiger partial charge in [0.25, 0.3) is 5.91 Å².